The van der Waals surface area contributed by atoms with Gasteiger partial charge in [-0.05, 0) is 45.2 Å². The predicted molar refractivity (Wildman–Crippen MR) is 78.7 cm³/mol. The molecule has 0 aromatic heterocycles. The zero-order chi connectivity index (χ0) is 13.8. The Morgan fingerprint density at radius 2 is 1.79 bits per heavy atom. The highest BCUT2D eigenvalue weighted by Crippen LogP contribution is 2.27. The zero-order valence-electron chi connectivity index (χ0n) is 11.6. The maximum Gasteiger partial charge on any atom is 0.376 e. The molecule has 0 bridgehead atoms. The molecule has 2 rings (SSSR count). The summed E-state index contributed by atoms with van der Waals surface area (Å²) in [5.74, 6) is 0.131. The molecule has 4 heteroatoms. The Hall–Kier alpha value is -1.39. The first-order valence-electron chi connectivity index (χ1n) is 6.80. The van der Waals surface area contributed by atoms with Gasteiger partial charge in [-0.15, -0.1) is 0 Å². The molecule has 0 radical (unpaired) electrons. The topological polar surface area (TPSA) is 40.5 Å². The highest BCUT2D eigenvalue weighted by molar-refractivity contribution is 6.45. The monoisotopic (exact) mass is 257 g/mol. The second-order valence-electron chi connectivity index (χ2n) is 5.07. The van der Waals surface area contributed by atoms with Crippen molar-refractivity contribution >= 4 is 18.4 Å². The number of benzene rings is 1. The summed E-state index contributed by atoms with van der Waals surface area (Å²) in [6.07, 6.45) is 1.71. The summed E-state index contributed by atoms with van der Waals surface area (Å²) in [4.78, 5) is 14.0. The summed E-state index contributed by atoms with van der Waals surface area (Å²) in [7, 11) is -0.404. The van der Waals surface area contributed by atoms with Gasteiger partial charge in [0, 0.05) is 5.57 Å². The molecule has 0 atom stereocenters. The summed E-state index contributed by atoms with van der Waals surface area (Å²) < 4.78 is 0. The maximum absolute atomic E-state index is 11.9. The summed E-state index contributed by atoms with van der Waals surface area (Å²) in [6.45, 7) is 5.06. The summed E-state index contributed by atoms with van der Waals surface area (Å²) >= 11 is 0. The third-order valence-corrected chi connectivity index (χ3v) is 3.70. The largest absolute Gasteiger partial charge is 0.437 e. The SMILES string of the molecule is CB(O)N1CCC(=C(C(C)=O)c2ccccc2)CC1. The molecular formula is C15H20BNO2. The summed E-state index contributed by atoms with van der Waals surface area (Å²) in [6, 6.07) is 9.87. The van der Waals surface area contributed by atoms with Gasteiger partial charge >= 0.3 is 7.05 Å². The van der Waals surface area contributed by atoms with E-state index in [0.29, 0.717) is 0 Å². The van der Waals surface area contributed by atoms with Crippen LogP contribution >= 0.6 is 0 Å². The van der Waals surface area contributed by atoms with E-state index in [-0.39, 0.29) is 5.78 Å². The number of hydrogen-bond acceptors (Lipinski definition) is 3. The number of ketones is 1. The molecular weight excluding hydrogens is 237 g/mol. The van der Waals surface area contributed by atoms with E-state index in [0.717, 1.165) is 37.1 Å². The van der Waals surface area contributed by atoms with Crippen LogP contribution in [0.2, 0.25) is 6.82 Å². The Bertz CT molecular complexity index is 472. The molecule has 1 fully saturated rings. The first kappa shape index (κ1) is 14.0. The number of piperidine rings is 1. The van der Waals surface area contributed by atoms with E-state index in [9.17, 15) is 9.82 Å². The molecule has 1 aromatic rings. The fourth-order valence-electron chi connectivity index (χ4n) is 2.68. The highest BCUT2D eigenvalue weighted by Gasteiger charge is 2.23. The van der Waals surface area contributed by atoms with E-state index in [1.54, 1.807) is 13.7 Å². The minimum absolute atomic E-state index is 0.131. The van der Waals surface area contributed by atoms with E-state index in [2.05, 4.69) is 0 Å². The van der Waals surface area contributed by atoms with Crippen LogP contribution in [0.5, 0.6) is 0 Å². The van der Waals surface area contributed by atoms with Gasteiger partial charge in [0.25, 0.3) is 0 Å². The van der Waals surface area contributed by atoms with Gasteiger partial charge in [-0.2, -0.15) is 0 Å². The summed E-state index contributed by atoms with van der Waals surface area (Å²) in [5.41, 5.74) is 3.09. The molecule has 0 spiro atoms. The smallest absolute Gasteiger partial charge is 0.376 e. The Balaban J connectivity index is 2.25. The van der Waals surface area contributed by atoms with Gasteiger partial charge in [-0.3, -0.25) is 4.79 Å². The van der Waals surface area contributed by atoms with E-state index in [1.165, 1.54) is 5.57 Å². The Kier molecular flexibility index (Phi) is 4.56. The van der Waals surface area contributed by atoms with Crippen LogP contribution in [0.15, 0.2) is 35.9 Å². The number of carbonyl (C=O) groups is 1. The Labute approximate surface area is 115 Å². The fraction of sp³-hybridized carbons (Fsp3) is 0.400. The molecule has 1 aliphatic rings. The molecule has 0 aliphatic carbocycles. The van der Waals surface area contributed by atoms with E-state index in [4.69, 9.17) is 0 Å². The van der Waals surface area contributed by atoms with E-state index in [1.807, 2.05) is 35.1 Å². The molecule has 1 saturated heterocycles. The van der Waals surface area contributed by atoms with Crippen molar-refractivity contribution in [2.24, 2.45) is 0 Å². The van der Waals surface area contributed by atoms with Gasteiger partial charge in [0.1, 0.15) is 0 Å². The first-order chi connectivity index (χ1) is 9.09. The minimum atomic E-state index is -0.404. The first-order valence-corrected chi connectivity index (χ1v) is 6.80. The molecule has 19 heavy (non-hydrogen) atoms. The quantitative estimate of drug-likeness (QED) is 0.666. The van der Waals surface area contributed by atoms with Crippen molar-refractivity contribution in [3.05, 3.63) is 41.5 Å². The number of carbonyl (C=O) groups excluding carboxylic acids is 1. The highest BCUT2D eigenvalue weighted by atomic mass is 16.2. The van der Waals surface area contributed by atoms with Crippen LogP contribution in [0.25, 0.3) is 5.57 Å². The van der Waals surface area contributed by atoms with Gasteiger partial charge in [0.05, 0.1) is 0 Å². The van der Waals surface area contributed by atoms with Crippen LogP contribution in [-0.4, -0.2) is 35.8 Å². The van der Waals surface area contributed by atoms with Crippen molar-refractivity contribution in [1.29, 1.82) is 0 Å². The lowest BCUT2D eigenvalue weighted by Crippen LogP contribution is -2.41. The van der Waals surface area contributed by atoms with Crippen molar-refractivity contribution in [2.45, 2.75) is 26.6 Å². The van der Waals surface area contributed by atoms with Gasteiger partial charge < -0.3 is 9.83 Å². The average molecular weight is 257 g/mol. The molecule has 1 aromatic carbocycles. The van der Waals surface area contributed by atoms with Crippen LogP contribution in [-0.2, 0) is 4.79 Å². The lowest BCUT2D eigenvalue weighted by molar-refractivity contribution is -0.111. The van der Waals surface area contributed by atoms with Crippen LogP contribution in [0.1, 0.15) is 25.3 Å². The van der Waals surface area contributed by atoms with Crippen molar-refractivity contribution in [2.75, 3.05) is 13.1 Å². The molecule has 3 nitrogen and oxygen atoms in total. The molecule has 1 heterocycles. The second-order valence-corrected chi connectivity index (χ2v) is 5.07. The van der Waals surface area contributed by atoms with E-state index >= 15 is 0 Å². The standard InChI is InChI=1S/C15H20BNO2/c1-12(18)15(13-6-4-3-5-7-13)14-8-10-17(11-9-14)16(2)19/h3-7,19H,8-11H2,1-2H3. The lowest BCUT2D eigenvalue weighted by atomic mass is 9.81. The number of Topliss-reactive ketones (excluding diaryl/α,β-unsaturated/α-hetero) is 1. The normalized spacial score (nSPS) is 16.3. The number of nitrogens with zero attached hydrogens (tertiary/aromatic N) is 1. The van der Waals surface area contributed by atoms with Crippen molar-refractivity contribution in [3.63, 3.8) is 0 Å². The fourth-order valence-corrected chi connectivity index (χ4v) is 2.68. The van der Waals surface area contributed by atoms with Crippen LogP contribution < -0.4 is 0 Å². The van der Waals surface area contributed by atoms with Crippen molar-refractivity contribution in [3.8, 4) is 0 Å². The van der Waals surface area contributed by atoms with E-state index < -0.39 is 7.05 Å². The van der Waals surface area contributed by atoms with Gasteiger partial charge in [0.2, 0.25) is 0 Å². The molecule has 0 amide bonds. The number of rotatable bonds is 3. The molecule has 0 saturated carbocycles. The van der Waals surface area contributed by atoms with Crippen LogP contribution in [0, 0.1) is 0 Å². The zero-order valence-corrected chi connectivity index (χ0v) is 11.6. The summed E-state index contributed by atoms with van der Waals surface area (Å²) in [5, 5.41) is 9.57. The minimum Gasteiger partial charge on any atom is -0.437 e. The third kappa shape index (κ3) is 3.34. The Morgan fingerprint density at radius 1 is 1.21 bits per heavy atom. The molecule has 100 valence electrons. The molecule has 0 unspecified atom stereocenters. The third-order valence-electron chi connectivity index (χ3n) is 3.70. The Morgan fingerprint density at radius 3 is 2.26 bits per heavy atom. The van der Waals surface area contributed by atoms with Crippen molar-refractivity contribution < 1.29 is 9.82 Å². The van der Waals surface area contributed by atoms with Gasteiger partial charge in [0.15, 0.2) is 5.78 Å². The average Bonchev–Trinajstić information content (AvgIpc) is 2.40. The maximum atomic E-state index is 11.9. The van der Waals surface area contributed by atoms with Crippen molar-refractivity contribution in [1.82, 2.24) is 4.81 Å². The van der Waals surface area contributed by atoms with Gasteiger partial charge in [-0.25, -0.2) is 0 Å². The lowest BCUT2D eigenvalue weighted by Gasteiger charge is -2.30. The van der Waals surface area contributed by atoms with Gasteiger partial charge in [-0.1, -0.05) is 35.9 Å². The molecule has 1 N–H and O–H groups in total. The predicted octanol–water partition coefficient (Wildman–Crippen LogP) is 2.24. The second kappa shape index (κ2) is 6.17. The number of allylic oxidation sites excluding steroid dienone is 1. The van der Waals surface area contributed by atoms with Crippen LogP contribution in [0.4, 0.5) is 0 Å². The van der Waals surface area contributed by atoms with Crippen LogP contribution in [0.3, 0.4) is 0 Å². The number of hydrogen-bond donors (Lipinski definition) is 1. The molecule has 1 aliphatic heterocycles.